The number of carbonyl (C=O) groups is 10. The molecule has 2 aliphatic carbocycles. The smallest absolute Gasteiger partial charge is 0.410 e. The fourth-order valence-electron chi connectivity index (χ4n) is 12.5. The molecule has 22 heteroatoms. The number of amides is 9. The summed E-state index contributed by atoms with van der Waals surface area (Å²) in [5.41, 5.74) is 2.49. The fraction of sp³-hybridized carbons (Fsp3) is 0.534. The molecular formula is C73H97N9O13. The van der Waals surface area contributed by atoms with E-state index < -0.39 is 118 Å². The first kappa shape index (κ1) is 72.0. The largest absolute Gasteiger partial charge is 0.444 e. The Bertz CT molecular complexity index is 3560. The van der Waals surface area contributed by atoms with Crippen molar-refractivity contribution in [2.24, 2.45) is 10.8 Å². The Labute approximate surface area is 558 Å². The zero-order valence-electron chi connectivity index (χ0n) is 58.0. The van der Waals surface area contributed by atoms with E-state index in [9.17, 15) is 38.4 Å². The van der Waals surface area contributed by atoms with Crippen LogP contribution < -0.4 is 31.3 Å². The molecular weight excluding hydrogens is 1210 g/mol. The molecule has 4 aromatic carbocycles. The summed E-state index contributed by atoms with van der Waals surface area (Å²) in [4.78, 5) is 147. The number of nitrogens with zero attached hydrogens (tertiary/aromatic N) is 4. The van der Waals surface area contributed by atoms with Crippen molar-refractivity contribution in [3.8, 4) is 5.75 Å². The number of aryl methyl sites for hydroxylation is 2. The van der Waals surface area contributed by atoms with Crippen LogP contribution in [-0.2, 0) is 64.0 Å². The Hall–Kier alpha value is -8.82. The second-order valence-corrected chi connectivity index (χ2v) is 30.0. The highest BCUT2D eigenvalue weighted by molar-refractivity contribution is 5.99. The maximum Gasteiger partial charge on any atom is 0.410 e. The Balaban J connectivity index is 0.986. The zero-order chi connectivity index (χ0) is 69.8. The van der Waals surface area contributed by atoms with E-state index in [1.165, 1.54) is 62.0 Å². The van der Waals surface area contributed by atoms with Crippen molar-refractivity contribution in [1.82, 2.24) is 46.2 Å². The first-order valence-electron chi connectivity index (χ1n) is 33.0. The van der Waals surface area contributed by atoms with Crippen molar-refractivity contribution in [1.29, 1.82) is 0 Å². The van der Waals surface area contributed by atoms with Crippen molar-refractivity contribution in [2.75, 3.05) is 20.6 Å². The number of nitrogens with one attached hydrogen (secondary N) is 5. The summed E-state index contributed by atoms with van der Waals surface area (Å²) in [6.07, 6.45) is 3.56. The average molecular weight is 1310 g/mol. The highest BCUT2D eigenvalue weighted by Crippen LogP contribution is 2.36. The van der Waals surface area contributed by atoms with E-state index in [0.29, 0.717) is 18.4 Å². The molecule has 1 fully saturated rings. The van der Waals surface area contributed by atoms with Gasteiger partial charge in [-0.15, -0.1) is 0 Å². The summed E-state index contributed by atoms with van der Waals surface area (Å²) >= 11 is 0. The van der Waals surface area contributed by atoms with Crippen LogP contribution in [0.4, 0.5) is 9.59 Å². The van der Waals surface area contributed by atoms with Crippen LogP contribution in [0.5, 0.6) is 5.75 Å². The van der Waals surface area contributed by atoms with Gasteiger partial charge in [0.1, 0.15) is 53.2 Å². The molecule has 2 aliphatic heterocycles. The topological polar surface area (TPSA) is 272 Å². The Morgan fingerprint density at radius 1 is 0.526 bits per heavy atom. The first-order valence-corrected chi connectivity index (χ1v) is 33.0. The Morgan fingerprint density at radius 3 is 1.45 bits per heavy atom. The summed E-state index contributed by atoms with van der Waals surface area (Å²) in [5, 5.41) is 15.2. The number of fused-ring (bicyclic) bond motifs is 3. The molecule has 2 heterocycles. The molecule has 5 N–H and O–H groups in total. The van der Waals surface area contributed by atoms with Crippen molar-refractivity contribution < 1.29 is 62.2 Å². The molecule has 4 aliphatic rings. The standard InChI is InChI=1S/C73H97N9O13/c1-42(79(15)68(91)94-72(9,10)11)60(83)77-58(70(3,4)5)65(88)81-40-49-37-51(36-35-48(49)38-56(81)63(86)75-54-29-21-25-44-23-17-19-27-52(44)54)93-67(90)47-33-31-46(32-34-47)62(85)74-50-39-57(64(87)76-55-30-22-26-45-24-18-20-28-53(45)55)82(41-50)66(89)59(71(6,7)8)78-61(84)43(2)80(16)69(92)95-73(12,13)14/h17-20,23-24,27-28,31-37,42-43,50,54-59H,21-22,25-26,29-30,38-41H2,1-16H3,(H,74,85)(H,75,86)(H,76,87)(H,77,83)(H,78,84)/t42-,43-,50-,54+,55+,56-,57-,58+,59+/m0/s1. The molecule has 0 bridgehead atoms. The van der Waals surface area contributed by atoms with Crippen LogP contribution in [0.25, 0.3) is 0 Å². The monoisotopic (exact) mass is 1310 g/mol. The van der Waals surface area contributed by atoms with Crippen molar-refractivity contribution in [2.45, 2.75) is 220 Å². The van der Waals surface area contributed by atoms with Gasteiger partial charge < -0.3 is 50.6 Å². The quantitative estimate of drug-likeness (QED) is 0.0519. The van der Waals surface area contributed by atoms with Crippen molar-refractivity contribution in [3.63, 3.8) is 0 Å². The molecule has 4 aromatic rings. The molecule has 0 radical (unpaired) electrons. The Morgan fingerprint density at radius 2 is 0.979 bits per heavy atom. The number of rotatable bonds is 16. The van der Waals surface area contributed by atoms with Crippen molar-refractivity contribution in [3.05, 3.63) is 136 Å². The number of hydrogen-bond donors (Lipinski definition) is 5. The van der Waals surface area contributed by atoms with Crippen LogP contribution in [0.15, 0.2) is 91.0 Å². The minimum atomic E-state index is -1.17. The van der Waals surface area contributed by atoms with E-state index >= 15 is 9.59 Å². The van der Waals surface area contributed by atoms with Crippen LogP contribution in [0.2, 0.25) is 0 Å². The van der Waals surface area contributed by atoms with Crippen LogP contribution in [0.3, 0.4) is 0 Å². The predicted molar refractivity (Wildman–Crippen MR) is 357 cm³/mol. The van der Waals surface area contributed by atoms with Gasteiger partial charge in [-0.1, -0.05) is 96.1 Å². The normalized spacial score (nSPS) is 19.9. The van der Waals surface area contributed by atoms with Gasteiger partial charge in [0.05, 0.1) is 17.6 Å². The SMILES string of the molecule is C[C@@H](C(=O)N[C@H](C(=O)N1Cc2cc(OC(=O)c3ccc(C(=O)N[C@H]4C[C@@H](C(=O)N[C@@H]5CCCc6ccccc65)N(C(=O)[C@@H](NC(=O)[C@H](C)N(C)C(=O)OC(C)(C)C)C(C)(C)C)C4)cc3)ccc2C[C@H]1C(=O)N[C@@H]1CCCc2ccccc21)C(C)(C)C)N(C)C(=O)OC(C)(C)C. The van der Waals surface area contributed by atoms with E-state index in [4.69, 9.17) is 14.2 Å². The molecule has 1 saturated heterocycles. The molecule has 8 rings (SSSR count). The van der Waals surface area contributed by atoms with Gasteiger partial charge in [0.25, 0.3) is 5.91 Å². The third kappa shape index (κ3) is 17.8. The number of ether oxygens (including phenoxy) is 3. The number of likely N-dealkylation sites (tertiary alicyclic amines) is 1. The number of benzene rings is 4. The summed E-state index contributed by atoms with van der Waals surface area (Å²) in [6, 6.07) is 18.9. The molecule has 512 valence electrons. The maximum atomic E-state index is 15.2. The fourth-order valence-corrected chi connectivity index (χ4v) is 12.5. The third-order valence-corrected chi connectivity index (χ3v) is 18.2. The van der Waals surface area contributed by atoms with Gasteiger partial charge >= 0.3 is 18.2 Å². The predicted octanol–water partition coefficient (Wildman–Crippen LogP) is 8.82. The summed E-state index contributed by atoms with van der Waals surface area (Å²) in [7, 11) is 2.88. The lowest BCUT2D eigenvalue weighted by atomic mass is 9.83. The highest BCUT2D eigenvalue weighted by Gasteiger charge is 2.48. The molecule has 9 amide bonds. The molecule has 95 heavy (non-hydrogen) atoms. The summed E-state index contributed by atoms with van der Waals surface area (Å²) < 4.78 is 17.0. The lowest BCUT2D eigenvalue weighted by Crippen LogP contribution is -2.62. The van der Waals surface area contributed by atoms with Crippen LogP contribution in [-0.4, -0.2) is 153 Å². The van der Waals surface area contributed by atoms with Gasteiger partial charge in [0.2, 0.25) is 35.4 Å². The van der Waals surface area contributed by atoms with Gasteiger partial charge in [0, 0.05) is 45.2 Å². The summed E-state index contributed by atoms with van der Waals surface area (Å²) in [6.45, 7) is 24.0. The number of carbonyl (C=O) groups excluding carboxylic acids is 10. The molecule has 0 spiro atoms. The van der Waals surface area contributed by atoms with Crippen LogP contribution in [0.1, 0.15) is 195 Å². The Kier molecular flexibility index (Phi) is 22.0. The van der Waals surface area contributed by atoms with Crippen LogP contribution >= 0.6 is 0 Å². The van der Waals surface area contributed by atoms with E-state index in [-0.39, 0.29) is 60.8 Å². The lowest BCUT2D eigenvalue weighted by Gasteiger charge is -2.42. The zero-order valence-corrected chi connectivity index (χ0v) is 58.0. The minimum Gasteiger partial charge on any atom is -0.444 e. The molecule has 0 unspecified atom stereocenters. The van der Waals surface area contributed by atoms with Gasteiger partial charge in [0.15, 0.2) is 0 Å². The molecule has 0 saturated carbocycles. The molecule has 9 atom stereocenters. The molecule has 22 nitrogen and oxygen atoms in total. The van der Waals surface area contributed by atoms with E-state index in [2.05, 4.69) is 32.7 Å². The summed E-state index contributed by atoms with van der Waals surface area (Å²) in [5.74, 6) is -4.23. The van der Waals surface area contributed by atoms with E-state index in [1.807, 2.05) is 42.5 Å². The maximum absolute atomic E-state index is 15.2. The molecule has 0 aromatic heterocycles. The minimum absolute atomic E-state index is 0.0446. The number of likely N-dealkylation sites (N-methyl/N-ethyl adjacent to an activating group) is 2. The van der Waals surface area contributed by atoms with Gasteiger partial charge in [-0.25, -0.2) is 14.4 Å². The number of hydrogen-bond acceptors (Lipinski definition) is 13. The number of esters is 1. The van der Waals surface area contributed by atoms with E-state index in [0.717, 1.165) is 63.3 Å². The van der Waals surface area contributed by atoms with E-state index in [1.54, 1.807) is 101 Å². The third-order valence-electron chi connectivity index (χ3n) is 18.2. The lowest BCUT2D eigenvalue weighted by molar-refractivity contribution is -0.147. The van der Waals surface area contributed by atoms with Gasteiger partial charge in [-0.2, -0.15) is 0 Å². The van der Waals surface area contributed by atoms with Gasteiger partial charge in [-0.05, 0) is 181 Å². The second-order valence-electron chi connectivity index (χ2n) is 30.0. The average Bonchev–Trinajstić information content (AvgIpc) is 1.71. The second kappa shape index (κ2) is 29.0. The van der Waals surface area contributed by atoms with Crippen molar-refractivity contribution >= 4 is 59.5 Å². The highest BCUT2D eigenvalue weighted by atomic mass is 16.6. The van der Waals surface area contributed by atoms with Crippen LogP contribution in [0, 0.1) is 10.8 Å². The van der Waals surface area contributed by atoms with Gasteiger partial charge in [-0.3, -0.25) is 43.4 Å². The first-order chi connectivity index (χ1) is 44.4.